The van der Waals surface area contributed by atoms with Crippen molar-refractivity contribution in [1.29, 1.82) is 0 Å². The van der Waals surface area contributed by atoms with Gasteiger partial charge in [-0.3, -0.25) is 9.48 Å². The van der Waals surface area contributed by atoms with Crippen LogP contribution >= 0.6 is 0 Å². The van der Waals surface area contributed by atoms with Gasteiger partial charge in [0.2, 0.25) is 0 Å². The van der Waals surface area contributed by atoms with Crippen molar-refractivity contribution in [2.75, 3.05) is 5.32 Å². The Bertz CT molecular complexity index is 1770. The number of halogens is 7. The van der Waals surface area contributed by atoms with Crippen molar-refractivity contribution < 1.29 is 35.5 Å². The lowest BCUT2D eigenvalue weighted by Crippen LogP contribution is -2.36. The molecule has 1 amide bonds. The molecule has 1 N–H and O–H groups in total. The molecule has 7 nitrogen and oxygen atoms in total. The van der Waals surface area contributed by atoms with Crippen LogP contribution in [0.3, 0.4) is 0 Å². The summed E-state index contributed by atoms with van der Waals surface area (Å²) in [6.45, 7) is 3.41. The van der Waals surface area contributed by atoms with Crippen molar-refractivity contribution in [3.8, 4) is 11.3 Å². The minimum Gasteiger partial charge on any atom is -0.317 e. The topological polar surface area (TPSA) is 77.1 Å². The van der Waals surface area contributed by atoms with Gasteiger partial charge in [-0.2, -0.15) is 32.1 Å². The Morgan fingerprint density at radius 2 is 1.61 bits per heavy atom. The maximum Gasteiger partial charge on any atom is 0.459 e. The largest absolute Gasteiger partial charge is 0.459 e. The summed E-state index contributed by atoms with van der Waals surface area (Å²) in [6, 6.07) is 11.6. The molecule has 2 aromatic carbocycles. The molecule has 0 atom stereocenters. The van der Waals surface area contributed by atoms with Crippen molar-refractivity contribution in [2.24, 2.45) is 0 Å². The molecule has 3 aromatic heterocycles. The normalized spacial score (nSPS) is 12.2. The van der Waals surface area contributed by atoms with Crippen LogP contribution in [0.25, 0.3) is 16.9 Å². The molecule has 0 bridgehead atoms. The second kappa shape index (κ2) is 10.0. The zero-order valence-electron chi connectivity index (χ0n) is 21.3. The van der Waals surface area contributed by atoms with Crippen molar-refractivity contribution in [3.63, 3.8) is 0 Å². The molecule has 0 unspecified atom stereocenters. The fourth-order valence-electron chi connectivity index (χ4n) is 4.24. The predicted molar refractivity (Wildman–Crippen MR) is 133 cm³/mol. The number of nitrogens with zero attached hydrogens (tertiary/aromatic N) is 5. The first-order valence-corrected chi connectivity index (χ1v) is 12.0. The highest BCUT2D eigenvalue weighted by atomic mass is 19.4. The quantitative estimate of drug-likeness (QED) is 0.236. The highest BCUT2D eigenvalue weighted by molar-refractivity contribution is 6.04. The lowest BCUT2D eigenvalue weighted by atomic mass is 10.1. The van der Waals surface area contributed by atoms with Gasteiger partial charge in [-0.1, -0.05) is 12.1 Å². The number of alkyl halides is 5. The predicted octanol–water partition coefficient (Wildman–Crippen LogP) is 6.44. The molecule has 0 aliphatic heterocycles. The van der Waals surface area contributed by atoms with E-state index in [1.54, 1.807) is 19.9 Å². The van der Waals surface area contributed by atoms with Gasteiger partial charge in [0.25, 0.3) is 5.91 Å². The molecule has 0 saturated carbocycles. The van der Waals surface area contributed by atoms with Gasteiger partial charge in [0, 0.05) is 11.6 Å². The van der Waals surface area contributed by atoms with Gasteiger partial charge >= 0.3 is 12.1 Å². The van der Waals surface area contributed by atoms with Crippen LogP contribution in [0.1, 0.15) is 33.1 Å². The lowest BCUT2D eigenvalue weighted by molar-refractivity contribution is -0.291. The van der Waals surface area contributed by atoms with Crippen LogP contribution in [-0.4, -0.2) is 36.5 Å². The van der Waals surface area contributed by atoms with Gasteiger partial charge in [-0.05, 0) is 61.9 Å². The van der Waals surface area contributed by atoms with Crippen LogP contribution in [0.2, 0.25) is 0 Å². The zero-order chi connectivity index (χ0) is 29.7. The fourth-order valence-corrected chi connectivity index (χ4v) is 4.24. The average Bonchev–Trinajstić information content (AvgIpc) is 3.44. The van der Waals surface area contributed by atoms with Gasteiger partial charge in [-0.25, -0.2) is 18.3 Å². The lowest BCUT2D eigenvalue weighted by Gasteiger charge is -2.21. The van der Waals surface area contributed by atoms with E-state index in [2.05, 4.69) is 20.5 Å². The van der Waals surface area contributed by atoms with Crippen LogP contribution < -0.4 is 5.32 Å². The minimum absolute atomic E-state index is 0.0669. The summed E-state index contributed by atoms with van der Waals surface area (Å²) in [7, 11) is 0. The summed E-state index contributed by atoms with van der Waals surface area (Å²) in [4.78, 5) is 17.2. The third-order valence-corrected chi connectivity index (χ3v) is 6.32. The number of rotatable bonds is 6. The highest BCUT2D eigenvalue weighted by Crippen LogP contribution is 2.44. The van der Waals surface area contributed by atoms with Crippen molar-refractivity contribution in [1.82, 2.24) is 24.4 Å². The molecule has 14 heteroatoms. The first-order chi connectivity index (χ1) is 19.2. The Labute approximate surface area is 227 Å². The number of carbonyl (C=O) groups is 1. The van der Waals surface area contributed by atoms with Crippen molar-refractivity contribution >= 4 is 17.2 Å². The molecule has 5 rings (SSSR count). The first-order valence-electron chi connectivity index (χ1n) is 12.0. The molecule has 0 saturated heterocycles. The summed E-state index contributed by atoms with van der Waals surface area (Å²) in [6.07, 6.45) is -5.99. The number of hydrogen-bond acceptors (Lipinski definition) is 4. The number of carbonyl (C=O) groups excluding carboxylic acids is 1. The molecule has 212 valence electrons. The summed E-state index contributed by atoms with van der Waals surface area (Å²) in [5, 5.41) is 10.6. The molecule has 0 aliphatic rings. The maximum absolute atomic E-state index is 14.6. The van der Waals surface area contributed by atoms with E-state index in [9.17, 15) is 35.5 Å². The molecular weight excluding hydrogens is 557 g/mol. The molecular formula is C27H19F7N6O. The molecule has 5 aromatic rings. The molecule has 0 fully saturated rings. The smallest absolute Gasteiger partial charge is 0.317 e. The van der Waals surface area contributed by atoms with E-state index < -0.39 is 46.7 Å². The standard InChI is InChI=1S/C27H19F7N6O/c1-14-24(15(2)39(37-14)13-16-4-3-5-19(29)10-16)36-25(41)21-12-23-35-20(17-6-8-18(28)9-7-17)11-22(40(23)38-21)26(30,31)27(32,33)34/h3-12H,13H2,1-2H3,(H,36,41). The zero-order valence-corrected chi connectivity index (χ0v) is 21.3. The number of benzene rings is 2. The second-order valence-corrected chi connectivity index (χ2v) is 9.19. The van der Waals surface area contributed by atoms with E-state index in [4.69, 9.17) is 0 Å². The van der Waals surface area contributed by atoms with Crippen LogP contribution in [0, 0.1) is 25.5 Å². The van der Waals surface area contributed by atoms with Gasteiger partial charge in [0.05, 0.1) is 29.3 Å². The van der Waals surface area contributed by atoms with Crippen LogP contribution in [-0.2, 0) is 12.5 Å². The molecule has 0 radical (unpaired) electrons. The van der Waals surface area contributed by atoms with Crippen LogP contribution in [0.15, 0.2) is 60.7 Å². The summed E-state index contributed by atoms with van der Waals surface area (Å²) in [5.41, 5.74) is -1.08. The summed E-state index contributed by atoms with van der Waals surface area (Å²) in [5.74, 6) is -7.37. The second-order valence-electron chi connectivity index (χ2n) is 9.19. The summed E-state index contributed by atoms with van der Waals surface area (Å²) >= 11 is 0. The number of anilines is 1. The van der Waals surface area contributed by atoms with Gasteiger partial charge in [-0.15, -0.1) is 0 Å². The Hall–Kier alpha value is -4.75. The number of aromatic nitrogens is 5. The molecule has 0 spiro atoms. The number of fused-ring (bicyclic) bond motifs is 1. The fraction of sp³-hybridized carbons (Fsp3) is 0.185. The van der Waals surface area contributed by atoms with Gasteiger partial charge in [0.1, 0.15) is 17.3 Å². The SMILES string of the molecule is Cc1nn(Cc2cccc(F)c2)c(C)c1NC(=O)c1cc2nc(-c3ccc(F)cc3)cc(C(F)(F)C(F)(F)F)n2n1. The van der Waals surface area contributed by atoms with Gasteiger partial charge in [0.15, 0.2) is 11.3 Å². The average molecular weight is 576 g/mol. The molecule has 41 heavy (non-hydrogen) atoms. The van der Waals surface area contributed by atoms with E-state index in [0.29, 0.717) is 23.0 Å². The Morgan fingerprint density at radius 3 is 2.27 bits per heavy atom. The Balaban J connectivity index is 1.53. The van der Waals surface area contributed by atoms with E-state index in [0.717, 1.165) is 18.2 Å². The number of aryl methyl sites for hydroxylation is 1. The molecule has 3 heterocycles. The number of amides is 1. The van der Waals surface area contributed by atoms with E-state index >= 15 is 0 Å². The summed E-state index contributed by atoms with van der Waals surface area (Å²) < 4.78 is 98.1. The Morgan fingerprint density at radius 1 is 0.902 bits per heavy atom. The Kier molecular flexibility index (Phi) is 6.79. The third kappa shape index (κ3) is 5.24. The highest BCUT2D eigenvalue weighted by Gasteiger charge is 2.60. The van der Waals surface area contributed by atoms with Crippen LogP contribution in [0.4, 0.5) is 36.4 Å². The maximum atomic E-state index is 14.6. The van der Waals surface area contributed by atoms with E-state index in [1.165, 1.54) is 35.0 Å². The van der Waals surface area contributed by atoms with Crippen molar-refractivity contribution in [2.45, 2.75) is 32.5 Å². The number of hydrogen-bond donors (Lipinski definition) is 1. The minimum atomic E-state index is -5.99. The van der Waals surface area contributed by atoms with Crippen LogP contribution in [0.5, 0.6) is 0 Å². The third-order valence-electron chi connectivity index (χ3n) is 6.32. The van der Waals surface area contributed by atoms with Gasteiger partial charge < -0.3 is 5.32 Å². The molecule has 0 aliphatic carbocycles. The van der Waals surface area contributed by atoms with E-state index in [1.807, 2.05) is 0 Å². The number of nitrogens with one attached hydrogen (secondary N) is 1. The van der Waals surface area contributed by atoms with Crippen molar-refractivity contribution in [3.05, 3.63) is 101 Å². The monoisotopic (exact) mass is 576 g/mol. The first kappa shape index (κ1) is 27.8. The van der Waals surface area contributed by atoms with E-state index in [-0.39, 0.29) is 28.0 Å².